The third-order valence-electron chi connectivity index (χ3n) is 3.50. The van der Waals surface area contributed by atoms with E-state index in [2.05, 4.69) is 15.5 Å². The number of carbonyl (C=O) groups is 1. The number of carbonyl (C=O) groups excluding carboxylic acids is 1. The number of hydrogen-bond donors (Lipinski definition) is 2. The number of aryl methyl sites for hydroxylation is 1. The second-order valence-electron chi connectivity index (χ2n) is 5.26. The van der Waals surface area contributed by atoms with Crippen LogP contribution in [-0.2, 0) is 11.3 Å². The molecule has 2 heterocycles. The summed E-state index contributed by atoms with van der Waals surface area (Å²) in [5, 5.41) is 11.2. The van der Waals surface area contributed by atoms with Crippen LogP contribution in [0.4, 0.5) is 4.39 Å². The van der Waals surface area contributed by atoms with E-state index in [9.17, 15) is 9.18 Å². The van der Waals surface area contributed by atoms with Gasteiger partial charge in [-0.25, -0.2) is 9.07 Å². The lowest BCUT2D eigenvalue weighted by atomic mass is 10.2. The third-order valence-corrected chi connectivity index (χ3v) is 4.44. The number of rotatable bonds is 6. The number of nitrogen functional groups attached to an aromatic ring is 1. The lowest BCUT2D eigenvalue weighted by Crippen LogP contribution is -2.25. The molecule has 3 rings (SSSR count). The number of amides is 1. The molecule has 0 atom stereocenters. The Bertz CT molecular complexity index is 875. The summed E-state index contributed by atoms with van der Waals surface area (Å²) < 4.78 is 19.4. The van der Waals surface area contributed by atoms with Gasteiger partial charge < -0.3 is 15.6 Å². The van der Waals surface area contributed by atoms with Gasteiger partial charge >= 0.3 is 0 Å². The van der Waals surface area contributed by atoms with Gasteiger partial charge in [0.1, 0.15) is 11.6 Å². The Hall–Kier alpha value is -2.81. The van der Waals surface area contributed by atoms with Crippen LogP contribution < -0.4 is 11.2 Å². The molecule has 0 aliphatic heterocycles. The van der Waals surface area contributed by atoms with Crippen LogP contribution in [0.5, 0.6) is 0 Å². The summed E-state index contributed by atoms with van der Waals surface area (Å²) in [6.07, 6.45) is 1.55. The molecule has 0 saturated heterocycles. The maximum absolute atomic E-state index is 12.8. The molecule has 0 bridgehead atoms. The van der Waals surface area contributed by atoms with Crippen LogP contribution in [0.15, 0.2) is 46.2 Å². The average molecular weight is 361 g/mol. The summed E-state index contributed by atoms with van der Waals surface area (Å²) in [5.74, 6) is 6.80. The summed E-state index contributed by atoms with van der Waals surface area (Å²) in [6.45, 7) is 2.13. The van der Waals surface area contributed by atoms with Crippen molar-refractivity contribution in [3.63, 3.8) is 0 Å². The molecular weight excluding hydrogens is 345 g/mol. The molecule has 3 aromatic rings. The Labute approximate surface area is 147 Å². The number of nitrogens with zero attached hydrogens (tertiary/aromatic N) is 3. The highest BCUT2D eigenvalue weighted by molar-refractivity contribution is 7.99. The van der Waals surface area contributed by atoms with E-state index >= 15 is 0 Å². The van der Waals surface area contributed by atoms with Crippen LogP contribution in [-0.4, -0.2) is 26.5 Å². The molecular formula is C16H16FN5O2S. The Morgan fingerprint density at radius 1 is 1.32 bits per heavy atom. The monoisotopic (exact) mass is 361 g/mol. The topological polar surface area (TPSA) is 99.0 Å². The first-order valence-corrected chi connectivity index (χ1v) is 8.42. The molecule has 1 amide bonds. The molecule has 1 aromatic carbocycles. The van der Waals surface area contributed by atoms with Crippen LogP contribution >= 0.6 is 11.8 Å². The second kappa shape index (κ2) is 7.39. The average Bonchev–Trinajstić information content (AvgIpc) is 3.18. The molecule has 0 radical (unpaired) electrons. The highest BCUT2D eigenvalue weighted by Gasteiger charge is 2.16. The largest absolute Gasteiger partial charge is 0.469 e. The van der Waals surface area contributed by atoms with E-state index in [1.165, 1.54) is 28.6 Å². The van der Waals surface area contributed by atoms with Crippen LogP contribution in [0.2, 0.25) is 0 Å². The first-order chi connectivity index (χ1) is 12.0. The zero-order chi connectivity index (χ0) is 17.8. The van der Waals surface area contributed by atoms with Gasteiger partial charge in [-0.2, -0.15) is 0 Å². The fourth-order valence-corrected chi connectivity index (χ4v) is 2.85. The minimum atomic E-state index is -0.309. The number of hydrogen-bond acceptors (Lipinski definition) is 6. The zero-order valence-corrected chi connectivity index (χ0v) is 14.2. The predicted molar refractivity (Wildman–Crippen MR) is 91.6 cm³/mol. The molecule has 0 fully saturated rings. The molecule has 0 aliphatic carbocycles. The minimum absolute atomic E-state index is 0.140. The van der Waals surface area contributed by atoms with Crippen molar-refractivity contribution >= 4 is 17.7 Å². The summed E-state index contributed by atoms with van der Waals surface area (Å²) in [6, 6.07) is 7.71. The maximum atomic E-state index is 12.8. The summed E-state index contributed by atoms with van der Waals surface area (Å²) in [4.78, 5) is 11.9. The first-order valence-electron chi connectivity index (χ1n) is 7.43. The summed E-state index contributed by atoms with van der Waals surface area (Å²) in [7, 11) is 0. The van der Waals surface area contributed by atoms with Gasteiger partial charge in [-0.1, -0.05) is 23.9 Å². The fraction of sp³-hybridized carbons (Fsp3) is 0.188. The van der Waals surface area contributed by atoms with Crippen molar-refractivity contribution in [3.05, 3.63) is 53.7 Å². The van der Waals surface area contributed by atoms with Gasteiger partial charge in [0.05, 0.1) is 17.6 Å². The molecule has 7 nitrogen and oxygen atoms in total. The fourth-order valence-electron chi connectivity index (χ4n) is 2.16. The molecule has 2 aromatic heterocycles. The molecule has 9 heteroatoms. The number of benzene rings is 1. The van der Waals surface area contributed by atoms with Crippen molar-refractivity contribution in [1.29, 1.82) is 0 Å². The quantitative estimate of drug-likeness (QED) is 0.515. The van der Waals surface area contributed by atoms with E-state index in [1.54, 1.807) is 31.4 Å². The Morgan fingerprint density at radius 3 is 2.76 bits per heavy atom. The van der Waals surface area contributed by atoms with Crippen LogP contribution in [0, 0.1) is 12.7 Å². The van der Waals surface area contributed by atoms with Gasteiger partial charge in [-0.15, -0.1) is 10.2 Å². The van der Waals surface area contributed by atoms with Crippen molar-refractivity contribution in [2.24, 2.45) is 0 Å². The van der Waals surface area contributed by atoms with E-state index < -0.39 is 0 Å². The molecule has 25 heavy (non-hydrogen) atoms. The normalized spacial score (nSPS) is 10.8. The van der Waals surface area contributed by atoms with Gasteiger partial charge in [0.25, 0.3) is 0 Å². The summed E-state index contributed by atoms with van der Waals surface area (Å²) >= 11 is 1.18. The molecule has 0 unspecified atom stereocenters. The standard InChI is InChI=1S/C16H16FN5O2S/c1-10-13(6-7-24-10)15-20-21-16(22(15)18)25-9-14(23)19-8-11-2-4-12(17)5-3-11/h2-7H,8-9,18H2,1H3,(H,19,23). The van der Waals surface area contributed by atoms with Crippen molar-refractivity contribution in [2.45, 2.75) is 18.6 Å². The van der Waals surface area contributed by atoms with E-state index in [0.29, 0.717) is 23.3 Å². The second-order valence-corrected chi connectivity index (χ2v) is 6.20. The van der Waals surface area contributed by atoms with Crippen LogP contribution in [0.25, 0.3) is 11.4 Å². The van der Waals surface area contributed by atoms with E-state index in [-0.39, 0.29) is 17.5 Å². The number of halogens is 1. The van der Waals surface area contributed by atoms with Crippen LogP contribution in [0.1, 0.15) is 11.3 Å². The van der Waals surface area contributed by atoms with Crippen molar-refractivity contribution < 1.29 is 13.6 Å². The Morgan fingerprint density at radius 2 is 2.08 bits per heavy atom. The van der Waals surface area contributed by atoms with Crippen molar-refractivity contribution in [1.82, 2.24) is 20.2 Å². The maximum Gasteiger partial charge on any atom is 0.230 e. The van der Waals surface area contributed by atoms with E-state index in [1.807, 2.05) is 0 Å². The van der Waals surface area contributed by atoms with E-state index in [0.717, 1.165) is 11.1 Å². The first kappa shape index (κ1) is 17.0. The SMILES string of the molecule is Cc1occc1-c1nnc(SCC(=O)NCc2ccc(F)cc2)n1N. The molecule has 130 valence electrons. The lowest BCUT2D eigenvalue weighted by Gasteiger charge is -2.05. The predicted octanol–water partition coefficient (Wildman–Crippen LogP) is 2.11. The van der Waals surface area contributed by atoms with Gasteiger partial charge in [-0.05, 0) is 30.7 Å². The molecule has 0 spiro atoms. The van der Waals surface area contributed by atoms with Crippen LogP contribution in [0.3, 0.4) is 0 Å². The third kappa shape index (κ3) is 4.00. The van der Waals surface area contributed by atoms with Crippen molar-refractivity contribution in [2.75, 3.05) is 11.6 Å². The lowest BCUT2D eigenvalue weighted by molar-refractivity contribution is -0.118. The van der Waals surface area contributed by atoms with Gasteiger partial charge in [0, 0.05) is 6.54 Å². The van der Waals surface area contributed by atoms with E-state index in [4.69, 9.17) is 10.3 Å². The number of aromatic nitrogens is 3. The smallest absolute Gasteiger partial charge is 0.230 e. The Balaban J connectivity index is 1.55. The highest BCUT2D eigenvalue weighted by atomic mass is 32.2. The number of thioether (sulfide) groups is 1. The van der Waals surface area contributed by atoms with Gasteiger partial charge in [0.15, 0.2) is 5.82 Å². The van der Waals surface area contributed by atoms with Gasteiger partial charge in [-0.3, -0.25) is 4.79 Å². The molecule has 0 aliphatic rings. The number of furan rings is 1. The number of nitrogens with two attached hydrogens (primary N) is 1. The molecule has 3 N–H and O–H groups in total. The van der Waals surface area contributed by atoms with Gasteiger partial charge in [0.2, 0.25) is 11.1 Å². The Kier molecular flexibility index (Phi) is 5.03. The molecule has 0 saturated carbocycles. The van der Waals surface area contributed by atoms with Crippen molar-refractivity contribution in [3.8, 4) is 11.4 Å². The minimum Gasteiger partial charge on any atom is -0.469 e. The summed E-state index contributed by atoms with van der Waals surface area (Å²) in [5.41, 5.74) is 1.57. The highest BCUT2D eigenvalue weighted by Crippen LogP contribution is 2.24. The number of nitrogens with one attached hydrogen (secondary N) is 1. The zero-order valence-electron chi connectivity index (χ0n) is 13.4.